The maximum absolute atomic E-state index is 9.23. The van der Waals surface area contributed by atoms with Gasteiger partial charge >= 0.3 is 0 Å². The molecule has 2 N–H and O–H groups in total. The molecular weight excluding hydrogens is 246 g/mol. The van der Waals surface area contributed by atoms with Gasteiger partial charge in [-0.05, 0) is 23.8 Å². The third-order valence-corrected chi connectivity index (χ3v) is 2.67. The molecule has 2 aromatic rings. The fraction of sp³-hybridized carbons (Fsp3) is 0.214. The molecule has 1 heterocycles. The van der Waals surface area contributed by atoms with Gasteiger partial charge in [-0.25, -0.2) is 0 Å². The van der Waals surface area contributed by atoms with Crippen LogP contribution in [0.4, 0.5) is 0 Å². The van der Waals surface area contributed by atoms with Crippen molar-refractivity contribution in [2.75, 3.05) is 7.11 Å². The Hall–Kier alpha value is -2.11. The highest BCUT2D eigenvalue weighted by Gasteiger charge is 2.09. The third kappa shape index (κ3) is 3.01. The van der Waals surface area contributed by atoms with Crippen LogP contribution in [0.5, 0.6) is 17.2 Å². The molecule has 0 bridgehead atoms. The molecule has 0 spiro atoms. The highest BCUT2D eigenvalue weighted by molar-refractivity contribution is 5.46. The molecule has 0 fully saturated rings. The monoisotopic (exact) mass is 261 g/mol. The summed E-state index contributed by atoms with van der Waals surface area (Å²) in [7, 11) is 1.53. The number of aliphatic hydroxyl groups is 2. The van der Waals surface area contributed by atoms with Crippen LogP contribution in [0.15, 0.2) is 36.7 Å². The van der Waals surface area contributed by atoms with Gasteiger partial charge in [-0.1, -0.05) is 6.07 Å². The molecule has 0 unspecified atom stereocenters. The van der Waals surface area contributed by atoms with Crippen LogP contribution in [0.3, 0.4) is 0 Å². The molecule has 2 rings (SSSR count). The SMILES string of the molecule is COc1cc(CO)ccc1Oc1cnccc1CO. The van der Waals surface area contributed by atoms with Crippen molar-refractivity contribution in [1.82, 2.24) is 4.98 Å². The topological polar surface area (TPSA) is 71.8 Å². The molecular formula is C14H15NO4. The molecule has 0 aliphatic rings. The van der Waals surface area contributed by atoms with E-state index in [0.29, 0.717) is 22.8 Å². The summed E-state index contributed by atoms with van der Waals surface area (Å²) in [6, 6.07) is 6.83. The number of pyridine rings is 1. The van der Waals surface area contributed by atoms with Gasteiger partial charge in [-0.3, -0.25) is 4.98 Å². The molecule has 19 heavy (non-hydrogen) atoms. The minimum atomic E-state index is -0.130. The number of benzene rings is 1. The zero-order valence-electron chi connectivity index (χ0n) is 10.5. The summed E-state index contributed by atoms with van der Waals surface area (Å²) in [5, 5.41) is 18.3. The zero-order chi connectivity index (χ0) is 13.7. The molecule has 0 aliphatic heterocycles. The molecule has 0 amide bonds. The highest BCUT2D eigenvalue weighted by atomic mass is 16.5. The molecule has 5 nitrogen and oxygen atoms in total. The van der Waals surface area contributed by atoms with Crippen molar-refractivity contribution in [3.63, 3.8) is 0 Å². The minimum absolute atomic E-state index is 0.0641. The van der Waals surface area contributed by atoms with Gasteiger partial charge in [-0.15, -0.1) is 0 Å². The van der Waals surface area contributed by atoms with Crippen LogP contribution in [-0.4, -0.2) is 22.3 Å². The van der Waals surface area contributed by atoms with Crippen LogP contribution < -0.4 is 9.47 Å². The van der Waals surface area contributed by atoms with Gasteiger partial charge in [0, 0.05) is 11.8 Å². The molecule has 5 heteroatoms. The van der Waals surface area contributed by atoms with E-state index < -0.39 is 0 Å². The lowest BCUT2D eigenvalue weighted by Gasteiger charge is -2.13. The lowest BCUT2D eigenvalue weighted by atomic mass is 10.2. The van der Waals surface area contributed by atoms with E-state index in [2.05, 4.69) is 4.98 Å². The average molecular weight is 261 g/mol. The van der Waals surface area contributed by atoms with Gasteiger partial charge < -0.3 is 19.7 Å². The van der Waals surface area contributed by atoms with E-state index in [4.69, 9.17) is 14.6 Å². The normalized spacial score (nSPS) is 10.3. The van der Waals surface area contributed by atoms with Crippen LogP contribution in [0.2, 0.25) is 0 Å². The standard InChI is InChI=1S/C14H15NO4/c1-18-13-6-10(8-16)2-3-12(13)19-14-7-15-5-4-11(14)9-17/h2-7,16-17H,8-9H2,1H3. The Morgan fingerprint density at radius 3 is 2.58 bits per heavy atom. The van der Waals surface area contributed by atoms with Crippen LogP contribution in [0.25, 0.3) is 0 Å². The molecule has 1 aromatic carbocycles. The van der Waals surface area contributed by atoms with Crippen molar-refractivity contribution in [1.29, 1.82) is 0 Å². The van der Waals surface area contributed by atoms with Crippen molar-refractivity contribution in [3.8, 4) is 17.2 Å². The van der Waals surface area contributed by atoms with Crippen molar-refractivity contribution in [2.45, 2.75) is 13.2 Å². The maximum atomic E-state index is 9.23. The molecule has 0 aliphatic carbocycles. The van der Waals surface area contributed by atoms with Crippen LogP contribution >= 0.6 is 0 Å². The number of nitrogens with zero attached hydrogens (tertiary/aromatic N) is 1. The first kappa shape index (κ1) is 13.3. The summed E-state index contributed by atoms with van der Waals surface area (Å²) < 4.78 is 10.9. The highest BCUT2D eigenvalue weighted by Crippen LogP contribution is 2.33. The maximum Gasteiger partial charge on any atom is 0.169 e. The number of aliphatic hydroxyl groups excluding tert-OH is 2. The number of hydrogen-bond donors (Lipinski definition) is 2. The summed E-state index contributed by atoms with van der Waals surface area (Å²) in [4.78, 5) is 3.96. The second-order valence-electron chi connectivity index (χ2n) is 3.89. The van der Waals surface area contributed by atoms with E-state index in [1.165, 1.54) is 13.3 Å². The quantitative estimate of drug-likeness (QED) is 0.859. The van der Waals surface area contributed by atoms with Gasteiger partial charge in [0.1, 0.15) is 0 Å². The summed E-state index contributed by atoms with van der Waals surface area (Å²) >= 11 is 0. The van der Waals surface area contributed by atoms with Gasteiger partial charge in [0.2, 0.25) is 0 Å². The Kier molecular flexibility index (Phi) is 4.33. The first-order valence-electron chi connectivity index (χ1n) is 5.78. The fourth-order valence-electron chi connectivity index (χ4n) is 1.64. The third-order valence-electron chi connectivity index (χ3n) is 2.67. The lowest BCUT2D eigenvalue weighted by molar-refractivity contribution is 0.275. The second-order valence-corrected chi connectivity index (χ2v) is 3.89. The summed E-state index contributed by atoms with van der Waals surface area (Å²) in [5.41, 5.74) is 1.38. The van der Waals surface area contributed by atoms with Crippen LogP contribution in [0, 0.1) is 0 Å². The molecule has 0 saturated carbocycles. The van der Waals surface area contributed by atoms with Gasteiger partial charge in [-0.2, -0.15) is 0 Å². The summed E-state index contributed by atoms with van der Waals surface area (Å²) in [6.45, 7) is -0.194. The van der Waals surface area contributed by atoms with Crippen molar-refractivity contribution in [3.05, 3.63) is 47.8 Å². The summed E-state index contributed by atoms with van der Waals surface area (Å²) in [5.74, 6) is 1.49. The first-order valence-corrected chi connectivity index (χ1v) is 5.78. The predicted molar refractivity (Wildman–Crippen MR) is 69.2 cm³/mol. The van der Waals surface area contributed by atoms with Crippen LogP contribution in [-0.2, 0) is 13.2 Å². The zero-order valence-corrected chi connectivity index (χ0v) is 10.5. The predicted octanol–water partition coefficient (Wildman–Crippen LogP) is 1.87. The van der Waals surface area contributed by atoms with Gasteiger partial charge in [0.05, 0.1) is 26.5 Å². The first-order chi connectivity index (χ1) is 9.28. The number of rotatable bonds is 5. The van der Waals surface area contributed by atoms with E-state index in [1.54, 1.807) is 30.5 Å². The molecule has 100 valence electrons. The van der Waals surface area contributed by atoms with E-state index >= 15 is 0 Å². The minimum Gasteiger partial charge on any atom is -0.493 e. The van der Waals surface area contributed by atoms with E-state index in [9.17, 15) is 5.11 Å². The second kappa shape index (κ2) is 6.17. The molecule has 0 saturated heterocycles. The fourth-order valence-corrected chi connectivity index (χ4v) is 1.64. The van der Waals surface area contributed by atoms with Crippen LogP contribution in [0.1, 0.15) is 11.1 Å². The Morgan fingerprint density at radius 2 is 1.89 bits per heavy atom. The smallest absolute Gasteiger partial charge is 0.169 e. The Bertz CT molecular complexity index is 557. The molecule has 0 atom stereocenters. The van der Waals surface area contributed by atoms with Crippen molar-refractivity contribution >= 4 is 0 Å². The lowest BCUT2D eigenvalue weighted by Crippen LogP contribution is -1.96. The van der Waals surface area contributed by atoms with E-state index in [1.807, 2.05) is 0 Å². The average Bonchev–Trinajstić information content (AvgIpc) is 2.48. The summed E-state index contributed by atoms with van der Waals surface area (Å²) in [6.07, 6.45) is 3.12. The number of ether oxygens (including phenoxy) is 2. The van der Waals surface area contributed by atoms with Crippen molar-refractivity contribution in [2.24, 2.45) is 0 Å². The van der Waals surface area contributed by atoms with Gasteiger partial charge in [0.25, 0.3) is 0 Å². The number of hydrogen-bond acceptors (Lipinski definition) is 5. The Labute approximate surface area is 111 Å². The van der Waals surface area contributed by atoms with E-state index in [-0.39, 0.29) is 13.2 Å². The molecule has 0 radical (unpaired) electrons. The largest absolute Gasteiger partial charge is 0.493 e. The van der Waals surface area contributed by atoms with Crippen molar-refractivity contribution < 1.29 is 19.7 Å². The number of methoxy groups -OCH3 is 1. The van der Waals surface area contributed by atoms with Gasteiger partial charge in [0.15, 0.2) is 17.2 Å². The Morgan fingerprint density at radius 1 is 1.05 bits per heavy atom. The molecule has 1 aromatic heterocycles. The Balaban J connectivity index is 2.32. The van der Waals surface area contributed by atoms with E-state index in [0.717, 1.165) is 5.56 Å². The number of aromatic nitrogens is 1.